The lowest BCUT2D eigenvalue weighted by Gasteiger charge is -2.02. The number of rotatable bonds is 6. The van der Waals surface area contributed by atoms with Gasteiger partial charge in [0.05, 0.1) is 0 Å². The maximum absolute atomic E-state index is 5.34. The zero-order valence-electron chi connectivity index (χ0n) is 6.82. The van der Waals surface area contributed by atoms with E-state index in [1.165, 1.54) is 12.8 Å². The molecule has 0 atom stereocenters. The van der Waals surface area contributed by atoms with Crippen LogP contribution in [-0.4, -0.2) is 13.6 Å². The zero-order valence-corrected chi connectivity index (χ0v) is 6.82. The van der Waals surface area contributed by atoms with Gasteiger partial charge in [-0.2, -0.15) is 0 Å². The van der Waals surface area contributed by atoms with Gasteiger partial charge < -0.3 is 11.1 Å². The number of allylic oxidation sites excluding steroid dienone is 1. The van der Waals surface area contributed by atoms with Crippen molar-refractivity contribution in [1.29, 1.82) is 0 Å². The van der Waals surface area contributed by atoms with Gasteiger partial charge in [0.15, 0.2) is 0 Å². The highest BCUT2D eigenvalue weighted by Gasteiger charge is 1.89. The first-order valence-electron chi connectivity index (χ1n) is 3.87. The summed E-state index contributed by atoms with van der Waals surface area (Å²) in [5, 5.41) is 3.02. The van der Waals surface area contributed by atoms with Crippen LogP contribution in [0.4, 0.5) is 0 Å². The first kappa shape index (κ1) is 9.50. The average Bonchev–Trinajstić information content (AvgIpc) is 1.98. The van der Waals surface area contributed by atoms with E-state index in [0.717, 1.165) is 25.1 Å². The van der Waals surface area contributed by atoms with E-state index >= 15 is 0 Å². The van der Waals surface area contributed by atoms with E-state index in [-0.39, 0.29) is 0 Å². The second kappa shape index (κ2) is 6.62. The van der Waals surface area contributed by atoms with Gasteiger partial charge in [0.2, 0.25) is 0 Å². The molecule has 0 aromatic heterocycles. The summed E-state index contributed by atoms with van der Waals surface area (Å²) >= 11 is 0. The van der Waals surface area contributed by atoms with Crippen molar-refractivity contribution in [3.8, 4) is 0 Å². The van der Waals surface area contributed by atoms with Crippen LogP contribution in [0.1, 0.15) is 25.7 Å². The summed E-state index contributed by atoms with van der Waals surface area (Å²) in [4.78, 5) is 0. The van der Waals surface area contributed by atoms with Crippen molar-refractivity contribution in [2.24, 2.45) is 5.73 Å². The molecule has 2 nitrogen and oxygen atoms in total. The third-order valence-electron chi connectivity index (χ3n) is 1.54. The van der Waals surface area contributed by atoms with E-state index in [9.17, 15) is 0 Å². The Morgan fingerprint density at radius 2 is 2.10 bits per heavy atom. The fourth-order valence-corrected chi connectivity index (χ4v) is 0.785. The molecule has 60 valence electrons. The van der Waals surface area contributed by atoms with Crippen LogP contribution in [0.25, 0.3) is 0 Å². The van der Waals surface area contributed by atoms with Gasteiger partial charge in [0, 0.05) is 12.7 Å². The Morgan fingerprint density at radius 1 is 1.40 bits per heavy atom. The van der Waals surface area contributed by atoms with Gasteiger partial charge in [-0.15, -0.1) is 0 Å². The number of nitrogens with one attached hydrogen (secondary N) is 1. The quantitative estimate of drug-likeness (QED) is 0.547. The summed E-state index contributed by atoms with van der Waals surface area (Å²) in [5.41, 5.74) is 6.46. The fourth-order valence-electron chi connectivity index (χ4n) is 0.785. The largest absolute Gasteiger partial charge is 0.392 e. The Bertz CT molecular complexity index is 89.3. The Kier molecular flexibility index (Phi) is 6.29. The van der Waals surface area contributed by atoms with Gasteiger partial charge in [0.1, 0.15) is 0 Å². The summed E-state index contributed by atoms with van der Waals surface area (Å²) < 4.78 is 0. The third-order valence-corrected chi connectivity index (χ3v) is 1.54. The second-order valence-electron chi connectivity index (χ2n) is 2.45. The van der Waals surface area contributed by atoms with Gasteiger partial charge in [-0.25, -0.2) is 0 Å². The van der Waals surface area contributed by atoms with Gasteiger partial charge in [-0.3, -0.25) is 0 Å². The van der Waals surface area contributed by atoms with Crippen molar-refractivity contribution in [2.45, 2.75) is 25.7 Å². The summed E-state index contributed by atoms with van der Waals surface area (Å²) in [7, 11) is 1.91. The van der Waals surface area contributed by atoms with E-state index in [2.05, 4.69) is 11.9 Å². The maximum Gasteiger partial charge on any atom is 0.00310 e. The molecule has 0 amide bonds. The van der Waals surface area contributed by atoms with E-state index in [4.69, 9.17) is 5.73 Å². The molecule has 3 N–H and O–H groups in total. The van der Waals surface area contributed by atoms with Gasteiger partial charge in [-0.05, 0) is 25.8 Å². The maximum atomic E-state index is 5.34. The molecule has 0 rings (SSSR count). The second-order valence-corrected chi connectivity index (χ2v) is 2.45. The van der Waals surface area contributed by atoms with Crippen molar-refractivity contribution in [1.82, 2.24) is 5.32 Å². The number of hydrogen-bond donors (Lipinski definition) is 2. The van der Waals surface area contributed by atoms with Crippen LogP contribution >= 0.6 is 0 Å². The van der Waals surface area contributed by atoms with E-state index < -0.39 is 0 Å². The van der Waals surface area contributed by atoms with Crippen molar-refractivity contribution < 1.29 is 0 Å². The van der Waals surface area contributed by atoms with Crippen molar-refractivity contribution in [3.63, 3.8) is 0 Å². The fraction of sp³-hybridized carbons (Fsp3) is 0.750. The van der Waals surface area contributed by atoms with E-state index in [1.54, 1.807) is 0 Å². The van der Waals surface area contributed by atoms with Crippen LogP contribution in [0, 0.1) is 0 Å². The highest BCUT2D eigenvalue weighted by atomic mass is 14.8. The first-order valence-corrected chi connectivity index (χ1v) is 3.87. The normalized spacial score (nSPS) is 9.40. The molecule has 0 unspecified atom stereocenters. The molecule has 0 aliphatic heterocycles. The monoisotopic (exact) mass is 142 g/mol. The molecule has 10 heavy (non-hydrogen) atoms. The molecule has 0 aromatic carbocycles. The van der Waals surface area contributed by atoms with Gasteiger partial charge in [-0.1, -0.05) is 13.0 Å². The topological polar surface area (TPSA) is 38.0 Å². The molecule has 0 radical (unpaired) electrons. The van der Waals surface area contributed by atoms with Crippen molar-refractivity contribution in [2.75, 3.05) is 13.6 Å². The molecule has 0 aromatic rings. The highest BCUT2D eigenvalue weighted by Crippen LogP contribution is 2.02. The number of unbranched alkanes of at least 4 members (excludes halogenated alkanes) is 2. The molecule has 0 spiro atoms. The first-order chi connectivity index (χ1) is 4.81. The predicted octanol–water partition coefficient (Wildman–Crippen LogP) is 1.24. The molecule has 0 bridgehead atoms. The Morgan fingerprint density at radius 3 is 2.60 bits per heavy atom. The summed E-state index contributed by atoms with van der Waals surface area (Å²) in [6.45, 7) is 4.64. The molecule has 0 heterocycles. The molecule has 0 aliphatic rings. The van der Waals surface area contributed by atoms with Crippen LogP contribution in [0.3, 0.4) is 0 Å². The molecule has 0 saturated heterocycles. The Hall–Kier alpha value is -0.500. The molecule has 2 heteroatoms. The van der Waals surface area contributed by atoms with E-state index in [1.807, 2.05) is 7.05 Å². The summed E-state index contributed by atoms with van der Waals surface area (Å²) in [5.74, 6) is 0. The van der Waals surface area contributed by atoms with Gasteiger partial charge in [0.25, 0.3) is 0 Å². The molecular formula is C8H18N2. The predicted molar refractivity (Wildman–Crippen MR) is 45.7 cm³/mol. The molecule has 0 aliphatic carbocycles. The average molecular weight is 142 g/mol. The summed E-state index contributed by atoms with van der Waals surface area (Å²) in [6, 6.07) is 0. The minimum Gasteiger partial charge on any atom is -0.392 e. The Labute approximate surface area is 63.5 Å². The van der Waals surface area contributed by atoms with Gasteiger partial charge >= 0.3 is 0 Å². The van der Waals surface area contributed by atoms with Crippen LogP contribution in [-0.2, 0) is 0 Å². The smallest absolute Gasteiger partial charge is 0.00310 e. The standard InChI is InChI=1S/C8H18N2/c1-8(10-2)6-4-3-5-7-9/h10H,1,3-7,9H2,2H3. The van der Waals surface area contributed by atoms with Crippen LogP contribution in [0.15, 0.2) is 12.3 Å². The molecule has 0 fully saturated rings. The third kappa shape index (κ3) is 5.63. The lowest BCUT2D eigenvalue weighted by atomic mass is 10.1. The van der Waals surface area contributed by atoms with Crippen molar-refractivity contribution >= 4 is 0 Å². The highest BCUT2D eigenvalue weighted by molar-refractivity contribution is 4.88. The number of hydrogen-bond acceptors (Lipinski definition) is 2. The van der Waals surface area contributed by atoms with E-state index in [0.29, 0.717) is 0 Å². The lowest BCUT2D eigenvalue weighted by Crippen LogP contribution is -2.04. The molecular weight excluding hydrogens is 124 g/mol. The lowest BCUT2D eigenvalue weighted by molar-refractivity contribution is 0.668. The van der Waals surface area contributed by atoms with Crippen LogP contribution in [0.5, 0.6) is 0 Å². The minimum atomic E-state index is 0.812. The zero-order chi connectivity index (χ0) is 7.82. The minimum absolute atomic E-state index is 0.812. The summed E-state index contributed by atoms with van der Waals surface area (Å²) in [6.07, 6.45) is 4.64. The van der Waals surface area contributed by atoms with Crippen LogP contribution in [0.2, 0.25) is 0 Å². The number of nitrogens with two attached hydrogens (primary N) is 1. The molecule has 0 saturated carbocycles. The van der Waals surface area contributed by atoms with Crippen LogP contribution < -0.4 is 11.1 Å². The Balaban J connectivity index is 2.96. The van der Waals surface area contributed by atoms with Crippen molar-refractivity contribution in [3.05, 3.63) is 12.3 Å². The SMILES string of the molecule is C=C(CCCCCN)NC.